The van der Waals surface area contributed by atoms with Crippen molar-refractivity contribution < 1.29 is 14.3 Å². The summed E-state index contributed by atoms with van der Waals surface area (Å²) in [5.74, 6) is 0.177. The molecule has 3 fully saturated rings. The first-order chi connectivity index (χ1) is 11.1. The van der Waals surface area contributed by atoms with E-state index in [-0.39, 0.29) is 23.1 Å². The van der Waals surface area contributed by atoms with Crippen LogP contribution in [0, 0.1) is 0 Å². The SMILES string of the molecule is CCCC1(CC)OC2(CC(C)(C)NC(C)(C)C2)C(=O)N1CC1CO1. The molecule has 0 aromatic heterocycles. The quantitative estimate of drug-likeness (QED) is 0.783. The van der Waals surface area contributed by atoms with E-state index in [0.717, 1.165) is 38.7 Å². The van der Waals surface area contributed by atoms with Gasteiger partial charge in [0.05, 0.1) is 19.3 Å². The van der Waals surface area contributed by atoms with E-state index >= 15 is 0 Å². The summed E-state index contributed by atoms with van der Waals surface area (Å²) < 4.78 is 12.2. The summed E-state index contributed by atoms with van der Waals surface area (Å²) >= 11 is 0. The third kappa shape index (κ3) is 3.11. The van der Waals surface area contributed by atoms with Crippen LogP contribution in [0.25, 0.3) is 0 Å². The molecule has 3 aliphatic rings. The Morgan fingerprint density at radius 2 is 1.75 bits per heavy atom. The lowest BCUT2D eigenvalue weighted by molar-refractivity contribution is -0.174. The number of carbonyl (C=O) groups is 1. The van der Waals surface area contributed by atoms with Gasteiger partial charge in [0.2, 0.25) is 0 Å². The number of carbonyl (C=O) groups excluding carboxylic acids is 1. The molecule has 5 nitrogen and oxygen atoms in total. The number of rotatable bonds is 5. The van der Waals surface area contributed by atoms with Crippen LogP contribution in [0.5, 0.6) is 0 Å². The molecule has 24 heavy (non-hydrogen) atoms. The van der Waals surface area contributed by atoms with E-state index in [2.05, 4.69) is 46.9 Å². The molecule has 0 radical (unpaired) electrons. The predicted octanol–water partition coefficient (Wildman–Crippen LogP) is 2.83. The van der Waals surface area contributed by atoms with E-state index in [0.29, 0.717) is 6.54 Å². The van der Waals surface area contributed by atoms with Crippen LogP contribution in [0.2, 0.25) is 0 Å². The first-order valence-electron chi connectivity index (χ1n) is 9.50. The van der Waals surface area contributed by atoms with Gasteiger partial charge in [-0.25, -0.2) is 0 Å². The smallest absolute Gasteiger partial charge is 0.257 e. The maximum atomic E-state index is 13.6. The minimum Gasteiger partial charge on any atom is -0.371 e. The summed E-state index contributed by atoms with van der Waals surface area (Å²) in [4.78, 5) is 15.6. The lowest BCUT2D eigenvalue weighted by atomic mass is 9.72. The van der Waals surface area contributed by atoms with E-state index in [1.165, 1.54) is 0 Å². The van der Waals surface area contributed by atoms with Gasteiger partial charge in [-0.2, -0.15) is 0 Å². The number of nitrogens with one attached hydrogen (secondary N) is 1. The van der Waals surface area contributed by atoms with E-state index in [4.69, 9.17) is 9.47 Å². The Morgan fingerprint density at radius 3 is 2.21 bits per heavy atom. The number of hydrogen-bond donors (Lipinski definition) is 1. The molecule has 1 spiro atoms. The van der Waals surface area contributed by atoms with E-state index in [9.17, 15) is 4.79 Å². The zero-order valence-corrected chi connectivity index (χ0v) is 16.2. The van der Waals surface area contributed by atoms with Crippen LogP contribution in [-0.2, 0) is 14.3 Å². The van der Waals surface area contributed by atoms with Crippen LogP contribution in [0.3, 0.4) is 0 Å². The molecule has 5 heteroatoms. The first kappa shape index (κ1) is 18.2. The standard InChI is InChI=1S/C19H34N2O3/c1-7-9-19(8-2)21(10-14-11-23-14)15(22)18(24-19)12-16(3,4)20-17(5,6)13-18/h14,20H,7-13H2,1-6H3. The van der Waals surface area contributed by atoms with Gasteiger partial charge in [-0.1, -0.05) is 20.3 Å². The fraction of sp³-hybridized carbons (Fsp3) is 0.947. The molecule has 2 atom stereocenters. The van der Waals surface area contributed by atoms with Gasteiger partial charge >= 0.3 is 0 Å². The highest BCUT2D eigenvalue weighted by molar-refractivity contribution is 5.88. The van der Waals surface area contributed by atoms with Gasteiger partial charge in [-0.15, -0.1) is 0 Å². The number of nitrogens with zero attached hydrogens (tertiary/aromatic N) is 1. The van der Waals surface area contributed by atoms with Gasteiger partial charge < -0.3 is 19.7 Å². The van der Waals surface area contributed by atoms with Crippen LogP contribution >= 0.6 is 0 Å². The fourth-order valence-electron chi connectivity index (χ4n) is 5.25. The molecule has 3 heterocycles. The minimum absolute atomic E-state index is 0.130. The van der Waals surface area contributed by atoms with Crippen molar-refractivity contribution in [3.8, 4) is 0 Å². The van der Waals surface area contributed by atoms with Crippen molar-refractivity contribution in [2.75, 3.05) is 13.2 Å². The Bertz CT molecular complexity index is 497. The highest BCUT2D eigenvalue weighted by atomic mass is 16.6. The van der Waals surface area contributed by atoms with Crippen molar-refractivity contribution in [1.29, 1.82) is 0 Å². The van der Waals surface area contributed by atoms with Gasteiger partial charge in [-0.3, -0.25) is 4.79 Å². The Hall–Kier alpha value is -0.650. The normalized spacial score (nSPS) is 36.3. The van der Waals surface area contributed by atoms with E-state index < -0.39 is 11.3 Å². The lowest BCUT2D eigenvalue weighted by Crippen LogP contribution is -2.65. The van der Waals surface area contributed by atoms with Crippen molar-refractivity contribution in [1.82, 2.24) is 10.2 Å². The Labute approximate surface area is 146 Å². The van der Waals surface area contributed by atoms with E-state index in [1.807, 2.05) is 4.90 Å². The molecule has 1 N–H and O–H groups in total. The second kappa shape index (κ2) is 5.68. The molecule has 138 valence electrons. The van der Waals surface area contributed by atoms with Gasteiger partial charge in [-0.05, 0) is 40.5 Å². The Morgan fingerprint density at radius 1 is 1.17 bits per heavy atom. The van der Waals surface area contributed by atoms with Crippen LogP contribution in [0.1, 0.15) is 73.6 Å². The van der Waals surface area contributed by atoms with Crippen LogP contribution in [-0.4, -0.2) is 52.5 Å². The topological polar surface area (TPSA) is 54.1 Å². The maximum Gasteiger partial charge on any atom is 0.257 e. The molecule has 3 saturated heterocycles. The molecule has 1 amide bonds. The summed E-state index contributed by atoms with van der Waals surface area (Å²) in [5, 5.41) is 3.67. The van der Waals surface area contributed by atoms with Gasteiger partial charge in [0, 0.05) is 23.9 Å². The number of amides is 1. The highest BCUT2D eigenvalue weighted by Crippen LogP contribution is 2.50. The summed E-state index contributed by atoms with van der Waals surface area (Å²) in [6.07, 6.45) is 4.35. The van der Waals surface area contributed by atoms with Crippen molar-refractivity contribution >= 4 is 5.91 Å². The summed E-state index contributed by atoms with van der Waals surface area (Å²) in [6.45, 7) is 14.4. The highest BCUT2D eigenvalue weighted by Gasteiger charge is 2.64. The number of ether oxygens (including phenoxy) is 2. The molecule has 3 aliphatic heterocycles. The lowest BCUT2D eigenvalue weighted by Gasteiger charge is -2.50. The first-order valence-corrected chi connectivity index (χ1v) is 9.50. The second-order valence-corrected chi connectivity index (χ2v) is 9.26. The van der Waals surface area contributed by atoms with Gasteiger partial charge in [0.25, 0.3) is 5.91 Å². The molecule has 0 aliphatic carbocycles. The average molecular weight is 338 g/mol. The molecular weight excluding hydrogens is 304 g/mol. The molecule has 2 unspecified atom stereocenters. The summed E-state index contributed by atoms with van der Waals surface area (Å²) in [5.41, 5.74) is -1.44. The molecule has 0 aromatic rings. The van der Waals surface area contributed by atoms with E-state index in [1.54, 1.807) is 0 Å². The monoisotopic (exact) mass is 338 g/mol. The summed E-state index contributed by atoms with van der Waals surface area (Å²) in [6, 6.07) is 0. The molecule has 0 aromatic carbocycles. The Kier molecular flexibility index (Phi) is 4.30. The number of hydrogen-bond acceptors (Lipinski definition) is 4. The molecule has 0 saturated carbocycles. The fourth-order valence-corrected chi connectivity index (χ4v) is 5.25. The Balaban J connectivity index is 1.98. The number of epoxide rings is 1. The third-order valence-electron chi connectivity index (χ3n) is 5.63. The van der Waals surface area contributed by atoms with Gasteiger partial charge in [0.1, 0.15) is 5.72 Å². The van der Waals surface area contributed by atoms with Crippen molar-refractivity contribution in [3.63, 3.8) is 0 Å². The zero-order chi connectivity index (χ0) is 17.8. The zero-order valence-electron chi connectivity index (χ0n) is 16.2. The van der Waals surface area contributed by atoms with Crippen LogP contribution in [0.15, 0.2) is 0 Å². The van der Waals surface area contributed by atoms with Crippen LogP contribution in [0.4, 0.5) is 0 Å². The molecule has 0 bridgehead atoms. The van der Waals surface area contributed by atoms with Gasteiger partial charge in [0.15, 0.2) is 5.60 Å². The second-order valence-electron chi connectivity index (χ2n) is 9.26. The number of piperidine rings is 1. The molecular formula is C19H34N2O3. The maximum absolute atomic E-state index is 13.6. The average Bonchev–Trinajstić information content (AvgIpc) is 3.20. The van der Waals surface area contributed by atoms with Crippen LogP contribution < -0.4 is 5.32 Å². The van der Waals surface area contributed by atoms with Crippen molar-refractivity contribution in [2.45, 2.75) is 102 Å². The minimum atomic E-state index is -0.710. The predicted molar refractivity (Wildman–Crippen MR) is 93.7 cm³/mol. The largest absolute Gasteiger partial charge is 0.371 e. The van der Waals surface area contributed by atoms with Crippen molar-refractivity contribution in [3.05, 3.63) is 0 Å². The van der Waals surface area contributed by atoms with Crippen molar-refractivity contribution in [2.24, 2.45) is 0 Å². The summed E-state index contributed by atoms with van der Waals surface area (Å²) in [7, 11) is 0. The third-order valence-corrected chi connectivity index (χ3v) is 5.63. The molecule has 3 rings (SSSR count).